The van der Waals surface area contributed by atoms with Crippen molar-refractivity contribution >= 4 is 69.8 Å². The average Bonchev–Trinajstić information content (AvgIpc) is 3.07. The second-order valence-corrected chi connectivity index (χ2v) is 10.7. The van der Waals surface area contributed by atoms with Crippen LogP contribution in [0.25, 0.3) is 0 Å². The topological polar surface area (TPSA) is 167 Å². The molecule has 0 aliphatic carbocycles. The van der Waals surface area contributed by atoms with Gasteiger partial charge in [0.05, 0.1) is 31.3 Å². The van der Waals surface area contributed by atoms with Crippen molar-refractivity contribution in [2.45, 2.75) is 24.9 Å². The fraction of sp³-hybridized carbons (Fsp3) is 0.300. The quantitative estimate of drug-likeness (QED) is 0.156. The van der Waals surface area contributed by atoms with Gasteiger partial charge in [-0.2, -0.15) is 13.2 Å². The van der Waals surface area contributed by atoms with Gasteiger partial charge in [0, 0.05) is 19.2 Å². The Morgan fingerprint density at radius 1 is 1.02 bits per heavy atom. The number of benzene rings is 2. The minimum atomic E-state index is -5.08. The van der Waals surface area contributed by atoms with Gasteiger partial charge in [-0.15, -0.1) is 0 Å². The minimum absolute atomic E-state index is 0.118. The summed E-state index contributed by atoms with van der Waals surface area (Å²) >= 11 is 12.8. The summed E-state index contributed by atoms with van der Waals surface area (Å²) in [7, 11) is 4.41. The number of hydrogen-bond donors (Lipinski definition) is 5. The summed E-state index contributed by atoms with van der Waals surface area (Å²) in [5.41, 5.74) is 2.48. The average molecular weight is 715 g/mol. The van der Waals surface area contributed by atoms with E-state index >= 15 is 0 Å². The first-order valence-electron chi connectivity index (χ1n) is 14.0. The molecule has 0 bridgehead atoms. The third-order valence-corrected chi connectivity index (χ3v) is 7.66. The van der Waals surface area contributed by atoms with E-state index in [1.807, 2.05) is 18.2 Å². The van der Waals surface area contributed by atoms with Gasteiger partial charge in [0.2, 0.25) is 5.91 Å². The molecule has 0 radical (unpaired) electrons. The molecule has 1 aliphatic rings. The zero-order chi connectivity index (χ0) is 35.6. The van der Waals surface area contributed by atoms with Crippen LogP contribution in [0.1, 0.15) is 24.3 Å². The number of halogens is 5. The molecule has 2 heterocycles. The summed E-state index contributed by atoms with van der Waals surface area (Å²) in [5, 5.41) is 19.5. The highest BCUT2D eigenvalue weighted by Gasteiger charge is 2.38. The van der Waals surface area contributed by atoms with Crippen LogP contribution in [0.5, 0.6) is 11.5 Å². The largest absolute Gasteiger partial charge is 0.495 e. The molecule has 1 aromatic heterocycles. The molecule has 0 unspecified atom stereocenters. The lowest BCUT2D eigenvalue weighted by Gasteiger charge is -2.24. The van der Waals surface area contributed by atoms with Gasteiger partial charge in [-0.05, 0) is 55.6 Å². The Hall–Kier alpha value is -4.80. The van der Waals surface area contributed by atoms with Crippen LogP contribution in [0, 0.1) is 0 Å². The third kappa shape index (κ3) is 9.85. The Kier molecular flexibility index (Phi) is 13.2. The van der Waals surface area contributed by atoms with E-state index in [-0.39, 0.29) is 39.0 Å². The van der Waals surface area contributed by atoms with Gasteiger partial charge >= 0.3 is 18.2 Å². The molecule has 5 N–H and O–H groups in total. The maximum Gasteiger partial charge on any atom is 0.490 e. The standard InChI is InChI=1S/C28H31Cl2N7O4.C2HF3O2/c1-5-24(38)35-19-12-17(16-8-10-31-11-9-16)6-7-18(19)34-22-14-23(33-15-32-22)37(2)28(39)36-27-25(29)20(40-3)13-21(41-4)26(27)30;3-2(4,5)1(6)7/h5-7,12-16,31H,1,8-11H2,2-4H3,(H,35,38)(H,36,39)(H,32,33,34);(H,6,7). The molecule has 13 nitrogen and oxygen atoms in total. The molecule has 0 saturated carbocycles. The predicted octanol–water partition coefficient (Wildman–Crippen LogP) is 6.44. The Morgan fingerprint density at radius 3 is 2.17 bits per heavy atom. The number of carboxylic acid groups (broad SMARTS) is 1. The Bertz CT molecular complexity index is 1630. The van der Waals surface area contributed by atoms with Gasteiger partial charge in [0.1, 0.15) is 39.5 Å². The molecule has 4 rings (SSSR count). The lowest BCUT2D eigenvalue weighted by Crippen LogP contribution is -2.32. The molecule has 48 heavy (non-hydrogen) atoms. The number of carbonyl (C=O) groups excluding carboxylic acids is 2. The normalized spacial score (nSPS) is 12.9. The number of carbonyl (C=O) groups is 3. The van der Waals surface area contributed by atoms with Crippen LogP contribution in [0.3, 0.4) is 0 Å². The summed E-state index contributed by atoms with van der Waals surface area (Å²) in [4.78, 5) is 44.0. The van der Waals surface area contributed by atoms with Crippen molar-refractivity contribution in [2.75, 3.05) is 55.2 Å². The number of nitrogens with zero attached hydrogens (tertiary/aromatic N) is 3. The molecule has 2 aromatic carbocycles. The van der Waals surface area contributed by atoms with Crippen LogP contribution in [0.4, 0.5) is 46.7 Å². The van der Waals surface area contributed by atoms with Gasteiger partial charge in [0.25, 0.3) is 0 Å². The molecule has 1 aliphatic heterocycles. The van der Waals surface area contributed by atoms with E-state index in [9.17, 15) is 22.8 Å². The van der Waals surface area contributed by atoms with Crippen molar-refractivity contribution in [3.05, 3.63) is 64.9 Å². The first-order chi connectivity index (χ1) is 22.7. The molecular formula is C30H32Cl2F3N7O6. The number of ether oxygens (including phenoxy) is 2. The fourth-order valence-corrected chi connectivity index (χ4v) is 4.99. The highest BCUT2D eigenvalue weighted by Crippen LogP contribution is 2.44. The number of amides is 3. The number of urea groups is 1. The number of nitrogens with one attached hydrogen (secondary N) is 4. The second-order valence-electron chi connectivity index (χ2n) is 9.99. The van der Waals surface area contributed by atoms with Gasteiger partial charge in [-0.25, -0.2) is 19.6 Å². The van der Waals surface area contributed by atoms with E-state index in [0.717, 1.165) is 31.5 Å². The number of aliphatic carboxylic acids is 1. The monoisotopic (exact) mass is 713 g/mol. The van der Waals surface area contributed by atoms with Crippen LogP contribution in [0.2, 0.25) is 10.0 Å². The van der Waals surface area contributed by atoms with Crippen molar-refractivity contribution in [1.82, 2.24) is 15.3 Å². The molecular weight excluding hydrogens is 682 g/mol. The third-order valence-electron chi connectivity index (χ3n) is 6.91. The minimum Gasteiger partial charge on any atom is -0.495 e. The molecule has 3 amide bonds. The van der Waals surface area contributed by atoms with Crippen molar-refractivity contribution in [3.8, 4) is 11.5 Å². The number of hydrogen-bond acceptors (Lipinski definition) is 9. The molecule has 0 atom stereocenters. The number of aromatic nitrogens is 2. The van der Waals surface area contributed by atoms with Crippen LogP contribution in [0.15, 0.2) is 49.3 Å². The number of rotatable bonds is 9. The summed E-state index contributed by atoms with van der Waals surface area (Å²) in [6.07, 6.45) is -0.510. The van der Waals surface area contributed by atoms with Gasteiger partial charge in [-0.3, -0.25) is 9.69 Å². The zero-order valence-corrected chi connectivity index (χ0v) is 27.4. The number of alkyl halides is 3. The first-order valence-corrected chi connectivity index (χ1v) is 14.8. The predicted molar refractivity (Wildman–Crippen MR) is 176 cm³/mol. The molecule has 258 valence electrons. The number of methoxy groups -OCH3 is 2. The Labute approximate surface area is 283 Å². The smallest absolute Gasteiger partial charge is 0.490 e. The molecule has 0 spiro atoms. The first kappa shape index (κ1) is 37.7. The maximum absolute atomic E-state index is 13.2. The number of carboxylic acids is 1. The van der Waals surface area contributed by atoms with E-state index in [0.29, 0.717) is 23.1 Å². The van der Waals surface area contributed by atoms with Crippen molar-refractivity contribution in [1.29, 1.82) is 0 Å². The Balaban J connectivity index is 0.000000804. The zero-order valence-electron chi connectivity index (χ0n) is 25.9. The highest BCUT2D eigenvalue weighted by molar-refractivity contribution is 6.41. The van der Waals surface area contributed by atoms with Gasteiger partial charge in [0.15, 0.2) is 0 Å². The van der Waals surface area contributed by atoms with Gasteiger partial charge < -0.3 is 35.8 Å². The molecule has 1 fully saturated rings. The summed E-state index contributed by atoms with van der Waals surface area (Å²) in [6, 6.07) is 8.45. The fourth-order valence-electron chi connectivity index (χ4n) is 4.39. The SMILES string of the molecule is C=CC(=O)Nc1cc(C2CCNCC2)ccc1Nc1cc(N(C)C(=O)Nc2c(Cl)c(OC)cc(OC)c2Cl)ncn1.O=C(O)C(F)(F)F. The summed E-state index contributed by atoms with van der Waals surface area (Å²) in [5.74, 6) is -1.44. The lowest BCUT2D eigenvalue weighted by atomic mass is 9.90. The lowest BCUT2D eigenvalue weighted by molar-refractivity contribution is -0.192. The van der Waals surface area contributed by atoms with Gasteiger partial charge in [-0.1, -0.05) is 35.8 Å². The van der Waals surface area contributed by atoms with E-state index < -0.39 is 18.2 Å². The van der Waals surface area contributed by atoms with Crippen molar-refractivity contribution in [2.24, 2.45) is 0 Å². The van der Waals surface area contributed by atoms with Crippen molar-refractivity contribution < 1.29 is 42.1 Å². The molecule has 3 aromatic rings. The summed E-state index contributed by atoms with van der Waals surface area (Å²) in [6.45, 7) is 5.46. The van der Waals surface area contributed by atoms with E-state index in [4.69, 9.17) is 42.6 Å². The van der Waals surface area contributed by atoms with E-state index in [2.05, 4.69) is 37.8 Å². The van der Waals surface area contributed by atoms with Crippen LogP contribution < -0.4 is 35.6 Å². The highest BCUT2D eigenvalue weighted by atomic mass is 35.5. The van der Waals surface area contributed by atoms with E-state index in [1.165, 1.54) is 44.6 Å². The molecule has 1 saturated heterocycles. The second kappa shape index (κ2) is 16.9. The number of anilines is 5. The summed E-state index contributed by atoms with van der Waals surface area (Å²) < 4.78 is 42.3. The van der Waals surface area contributed by atoms with Crippen LogP contribution >= 0.6 is 23.2 Å². The maximum atomic E-state index is 13.2. The van der Waals surface area contributed by atoms with Crippen LogP contribution in [-0.2, 0) is 9.59 Å². The van der Waals surface area contributed by atoms with Crippen LogP contribution in [-0.4, -0.2) is 73.5 Å². The van der Waals surface area contributed by atoms with Crippen molar-refractivity contribution in [3.63, 3.8) is 0 Å². The number of piperidine rings is 1. The Morgan fingerprint density at radius 2 is 1.62 bits per heavy atom. The van der Waals surface area contributed by atoms with E-state index in [1.54, 1.807) is 6.07 Å². The molecule has 18 heteroatoms.